The fraction of sp³-hybridized carbons (Fsp3) is 0.727. The molecule has 0 amide bonds. The van der Waals surface area contributed by atoms with E-state index in [2.05, 4.69) is 17.3 Å². The molecule has 0 fully saturated rings. The molecule has 4 nitrogen and oxygen atoms in total. The molecule has 4 heteroatoms. The van der Waals surface area contributed by atoms with Gasteiger partial charge in [0.05, 0.1) is 12.8 Å². The summed E-state index contributed by atoms with van der Waals surface area (Å²) in [4.78, 5) is 0. The molecule has 1 heterocycles. The summed E-state index contributed by atoms with van der Waals surface area (Å²) < 4.78 is 1.78. The molecule has 0 spiro atoms. The average Bonchev–Trinajstić information content (AvgIpc) is 2.62. The van der Waals surface area contributed by atoms with Gasteiger partial charge in [-0.15, -0.1) is 0 Å². The van der Waals surface area contributed by atoms with E-state index in [-0.39, 0.29) is 12.1 Å². The molecule has 2 N–H and O–H groups in total. The van der Waals surface area contributed by atoms with Gasteiger partial charge in [-0.05, 0) is 13.3 Å². The van der Waals surface area contributed by atoms with Crippen molar-refractivity contribution in [3.05, 3.63) is 18.0 Å². The zero-order valence-electron chi connectivity index (χ0n) is 9.82. The number of aliphatic hydroxyl groups is 1. The van der Waals surface area contributed by atoms with Gasteiger partial charge >= 0.3 is 0 Å². The predicted octanol–water partition coefficient (Wildman–Crippen LogP) is 1.06. The fourth-order valence-corrected chi connectivity index (χ4v) is 1.65. The molecule has 0 saturated heterocycles. The van der Waals surface area contributed by atoms with E-state index < -0.39 is 0 Å². The monoisotopic (exact) mass is 211 g/mol. The minimum atomic E-state index is -0.176. The van der Waals surface area contributed by atoms with Crippen molar-refractivity contribution in [3.63, 3.8) is 0 Å². The molecule has 0 saturated carbocycles. The van der Waals surface area contributed by atoms with Crippen LogP contribution in [0.15, 0.2) is 12.4 Å². The molecule has 86 valence electrons. The topological polar surface area (TPSA) is 50.1 Å². The third kappa shape index (κ3) is 3.64. The molecule has 0 aliphatic carbocycles. The molecule has 15 heavy (non-hydrogen) atoms. The molecule has 0 radical (unpaired) electrons. The Hall–Kier alpha value is -0.870. The Kier molecular flexibility index (Phi) is 4.29. The molecule has 0 aliphatic heterocycles. The second-order valence-corrected chi connectivity index (χ2v) is 4.34. The van der Waals surface area contributed by atoms with Crippen molar-refractivity contribution in [2.75, 3.05) is 6.61 Å². The maximum Gasteiger partial charge on any atom is 0.0610 e. The van der Waals surface area contributed by atoms with Gasteiger partial charge in [-0.2, -0.15) is 5.10 Å². The molecule has 1 rings (SSSR count). The summed E-state index contributed by atoms with van der Waals surface area (Å²) in [6, 6.07) is 0. The second-order valence-electron chi connectivity index (χ2n) is 4.34. The number of hydrogen-bond donors (Lipinski definition) is 2. The highest BCUT2D eigenvalue weighted by atomic mass is 16.3. The van der Waals surface area contributed by atoms with Gasteiger partial charge in [0.2, 0.25) is 0 Å². The quantitative estimate of drug-likeness (QED) is 0.740. The van der Waals surface area contributed by atoms with Gasteiger partial charge in [-0.25, -0.2) is 0 Å². The molecule has 1 aromatic rings. The van der Waals surface area contributed by atoms with E-state index in [0.29, 0.717) is 0 Å². The van der Waals surface area contributed by atoms with Gasteiger partial charge < -0.3 is 10.4 Å². The van der Waals surface area contributed by atoms with Crippen molar-refractivity contribution in [2.45, 2.75) is 38.8 Å². The Morgan fingerprint density at radius 1 is 1.60 bits per heavy atom. The first kappa shape index (κ1) is 12.2. The summed E-state index contributed by atoms with van der Waals surface area (Å²) >= 11 is 0. The SMILES string of the molecule is CCC[C@@](C)(CO)NCc1cnn(C)c1. The first-order valence-electron chi connectivity index (χ1n) is 5.43. The fourth-order valence-electron chi connectivity index (χ4n) is 1.65. The number of hydrogen-bond acceptors (Lipinski definition) is 3. The summed E-state index contributed by atoms with van der Waals surface area (Å²) in [5.41, 5.74) is 0.971. The van der Waals surface area contributed by atoms with Gasteiger partial charge in [-0.1, -0.05) is 13.3 Å². The van der Waals surface area contributed by atoms with Crippen LogP contribution in [0.25, 0.3) is 0 Å². The Labute approximate surface area is 91.3 Å². The van der Waals surface area contributed by atoms with Crippen molar-refractivity contribution >= 4 is 0 Å². The van der Waals surface area contributed by atoms with E-state index >= 15 is 0 Å². The zero-order valence-corrected chi connectivity index (χ0v) is 9.82. The summed E-state index contributed by atoms with van der Waals surface area (Å²) in [6.07, 6.45) is 5.87. The van der Waals surface area contributed by atoms with Crippen LogP contribution in [0, 0.1) is 0 Å². The van der Waals surface area contributed by atoms with Crippen molar-refractivity contribution in [1.82, 2.24) is 15.1 Å². The number of nitrogens with one attached hydrogen (secondary N) is 1. The highest BCUT2D eigenvalue weighted by Gasteiger charge is 2.21. The molecular formula is C11H21N3O. The standard InChI is InChI=1S/C11H21N3O/c1-4-5-11(2,9-15)12-6-10-7-13-14(3)8-10/h7-8,12,15H,4-6,9H2,1-3H3/t11-/m0/s1. The van der Waals surface area contributed by atoms with Crippen molar-refractivity contribution < 1.29 is 5.11 Å². The Bertz CT molecular complexity index is 298. The molecule has 0 aromatic carbocycles. The molecule has 0 unspecified atom stereocenters. The first-order valence-corrected chi connectivity index (χ1v) is 5.43. The highest BCUT2D eigenvalue weighted by molar-refractivity contribution is 5.04. The molecule has 0 aliphatic rings. The lowest BCUT2D eigenvalue weighted by molar-refractivity contribution is 0.163. The van der Waals surface area contributed by atoms with Crippen LogP contribution in [-0.2, 0) is 13.6 Å². The number of nitrogens with zero attached hydrogens (tertiary/aromatic N) is 2. The average molecular weight is 211 g/mol. The van der Waals surface area contributed by atoms with E-state index in [1.807, 2.05) is 26.4 Å². The number of aryl methyl sites for hydroxylation is 1. The van der Waals surface area contributed by atoms with Gasteiger partial charge in [0, 0.05) is 30.9 Å². The van der Waals surface area contributed by atoms with Gasteiger partial charge in [0.25, 0.3) is 0 Å². The molecule has 1 atom stereocenters. The van der Waals surface area contributed by atoms with Crippen LogP contribution < -0.4 is 5.32 Å². The molecular weight excluding hydrogens is 190 g/mol. The summed E-state index contributed by atoms with van der Waals surface area (Å²) in [5.74, 6) is 0. The van der Waals surface area contributed by atoms with Crippen LogP contribution >= 0.6 is 0 Å². The van der Waals surface area contributed by atoms with Crippen molar-refractivity contribution in [1.29, 1.82) is 0 Å². The highest BCUT2D eigenvalue weighted by Crippen LogP contribution is 2.12. The lowest BCUT2D eigenvalue weighted by Gasteiger charge is -2.28. The molecule has 1 aromatic heterocycles. The van der Waals surface area contributed by atoms with Crippen LogP contribution in [0.1, 0.15) is 32.3 Å². The normalized spacial score (nSPS) is 15.2. The summed E-state index contributed by atoms with van der Waals surface area (Å²) in [6.45, 7) is 5.10. The minimum absolute atomic E-state index is 0.168. The zero-order chi connectivity index (χ0) is 11.3. The Balaban J connectivity index is 2.47. The first-order chi connectivity index (χ1) is 7.09. The number of aromatic nitrogens is 2. The number of rotatable bonds is 6. The van der Waals surface area contributed by atoms with Crippen LogP contribution in [0.4, 0.5) is 0 Å². The second kappa shape index (κ2) is 5.28. The van der Waals surface area contributed by atoms with Gasteiger partial charge in [0.15, 0.2) is 0 Å². The summed E-state index contributed by atoms with van der Waals surface area (Å²) in [5, 5.41) is 16.8. The lowest BCUT2D eigenvalue weighted by Crippen LogP contribution is -2.45. The minimum Gasteiger partial charge on any atom is -0.394 e. The maximum atomic E-state index is 9.32. The number of aliphatic hydroxyl groups excluding tert-OH is 1. The van der Waals surface area contributed by atoms with E-state index in [4.69, 9.17) is 0 Å². The maximum absolute atomic E-state index is 9.32. The van der Waals surface area contributed by atoms with Gasteiger partial charge in [0.1, 0.15) is 0 Å². The predicted molar refractivity (Wildman–Crippen MR) is 60.4 cm³/mol. The van der Waals surface area contributed by atoms with E-state index in [1.165, 1.54) is 0 Å². The molecule has 0 bridgehead atoms. The van der Waals surface area contributed by atoms with Crippen LogP contribution in [0.2, 0.25) is 0 Å². The third-order valence-corrected chi connectivity index (χ3v) is 2.63. The van der Waals surface area contributed by atoms with E-state index in [1.54, 1.807) is 4.68 Å². The van der Waals surface area contributed by atoms with Crippen LogP contribution in [-0.4, -0.2) is 27.0 Å². The largest absolute Gasteiger partial charge is 0.394 e. The third-order valence-electron chi connectivity index (χ3n) is 2.63. The van der Waals surface area contributed by atoms with Crippen LogP contribution in [0.5, 0.6) is 0 Å². The van der Waals surface area contributed by atoms with E-state index in [9.17, 15) is 5.11 Å². The van der Waals surface area contributed by atoms with Crippen molar-refractivity contribution in [3.8, 4) is 0 Å². The van der Waals surface area contributed by atoms with E-state index in [0.717, 1.165) is 24.9 Å². The lowest BCUT2D eigenvalue weighted by atomic mass is 9.97. The smallest absolute Gasteiger partial charge is 0.0610 e. The Morgan fingerprint density at radius 3 is 2.80 bits per heavy atom. The van der Waals surface area contributed by atoms with Crippen LogP contribution in [0.3, 0.4) is 0 Å². The summed E-state index contributed by atoms with van der Waals surface area (Å²) in [7, 11) is 1.90. The Morgan fingerprint density at radius 2 is 2.33 bits per heavy atom. The van der Waals surface area contributed by atoms with Gasteiger partial charge in [-0.3, -0.25) is 4.68 Å². The van der Waals surface area contributed by atoms with Crippen molar-refractivity contribution in [2.24, 2.45) is 7.05 Å².